The normalized spacial score (nSPS) is 16.2. The van der Waals surface area contributed by atoms with Crippen LogP contribution in [0.5, 0.6) is 0 Å². The minimum Gasteiger partial charge on any atom is -0.385 e. The number of rotatable bonds is 3. The number of hydrogen-bond donors (Lipinski definition) is 2. The molecular formula is C8H16N4O. The van der Waals surface area contributed by atoms with Crippen LogP contribution in [-0.4, -0.2) is 26.1 Å². The van der Waals surface area contributed by atoms with Gasteiger partial charge in [-0.3, -0.25) is 0 Å². The average Bonchev–Trinajstić information content (AvgIpc) is 2.50. The predicted octanol–water partition coefficient (Wildman–Crippen LogP) is 0.240. The number of aliphatic hydroxyl groups excluding tert-OH is 1. The van der Waals surface area contributed by atoms with Crippen molar-refractivity contribution in [2.75, 3.05) is 0 Å². The summed E-state index contributed by atoms with van der Waals surface area (Å²) in [6, 6.07) is -0.0705. The lowest BCUT2D eigenvalue weighted by atomic mass is 10.1. The van der Waals surface area contributed by atoms with Gasteiger partial charge in [0.05, 0.1) is 6.20 Å². The molecule has 0 saturated carbocycles. The van der Waals surface area contributed by atoms with Crippen molar-refractivity contribution in [3.63, 3.8) is 0 Å². The molecule has 0 aliphatic heterocycles. The van der Waals surface area contributed by atoms with Crippen molar-refractivity contribution in [2.24, 2.45) is 5.73 Å². The minimum absolute atomic E-state index is 0.251. The van der Waals surface area contributed by atoms with E-state index >= 15 is 0 Å². The monoisotopic (exact) mass is 184 g/mol. The van der Waals surface area contributed by atoms with Crippen molar-refractivity contribution in [3.8, 4) is 0 Å². The number of nitrogens with zero attached hydrogens (tertiary/aromatic N) is 3. The van der Waals surface area contributed by atoms with E-state index in [0.717, 1.165) is 0 Å². The van der Waals surface area contributed by atoms with E-state index in [-0.39, 0.29) is 12.1 Å². The Balaban J connectivity index is 2.79. The summed E-state index contributed by atoms with van der Waals surface area (Å²) in [7, 11) is 0. The van der Waals surface area contributed by atoms with Crippen molar-refractivity contribution >= 4 is 0 Å². The van der Waals surface area contributed by atoms with Gasteiger partial charge in [-0.15, -0.1) is 5.10 Å². The Kier molecular flexibility index (Phi) is 3.00. The van der Waals surface area contributed by atoms with Crippen LogP contribution in [0.2, 0.25) is 0 Å². The first kappa shape index (κ1) is 10.1. The molecule has 1 aromatic rings. The molecule has 0 amide bonds. The highest BCUT2D eigenvalue weighted by atomic mass is 16.3. The Hall–Kier alpha value is -0.940. The van der Waals surface area contributed by atoms with Crippen molar-refractivity contribution in [2.45, 2.75) is 39.0 Å². The van der Waals surface area contributed by atoms with Gasteiger partial charge < -0.3 is 10.8 Å². The molecule has 2 unspecified atom stereocenters. The first-order chi connectivity index (χ1) is 6.02. The van der Waals surface area contributed by atoms with E-state index in [2.05, 4.69) is 10.3 Å². The van der Waals surface area contributed by atoms with Gasteiger partial charge in [0.2, 0.25) is 0 Å². The standard InChI is InChI=1S/C8H16N4O/c1-5(2)12-4-7(10-11-12)8(13)6(3)9/h4-6,8,13H,9H2,1-3H3. The number of nitrogens with two attached hydrogens (primary N) is 1. The van der Waals surface area contributed by atoms with Crippen LogP contribution in [0, 0.1) is 0 Å². The largest absolute Gasteiger partial charge is 0.385 e. The van der Waals surface area contributed by atoms with Crippen LogP contribution in [0.15, 0.2) is 6.20 Å². The van der Waals surface area contributed by atoms with Gasteiger partial charge in [0.1, 0.15) is 11.8 Å². The molecule has 74 valence electrons. The fraction of sp³-hybridized carbons (Fsp3) is 0.750. The molecule has 0 spiro atoms. The highest BCUT2D eigenvalue weighted by Gasteiger charge is 2.16. The molecule has 5 nitrogen and oxygen atoms in total. The van der Waals surface area contributed by atoms with E-state index < -0.39 is 6.10 Å². The molecule has 3 N–H and O–H groups in total. The molecule has 2 atom stereocenters. The summed E-state index contributed by atoms with van der Waals surface area (Å²) in [6.45, 7) is 5.73. The molecule has 13 heavy (non-hydrogen) atoms. The van der Waals surface area contributed by atoms with Crippen molar-refractivity contribution < 1.29 is 5.11 Å². The number of hydrogen-bond acceptors (Lipinski definition) is 4. The van der Waals surface area contributed by atoms with Crippen molar-refractivity contribution in [1.82, 2.24) is 15.0 Å². The van der Waals surface area contributed by atoms with Gasteiger partial charge >= 0.3 is 0 Å². The Morgan fingerprint density at radius 3 is 2.46 bits per heavy atom. The van der Waals surface area contributed by atoms with E-state index in [1.54, 1.807) is 17.8 Å². The maximum Gasteiger partial charge on any atom is 0.114 e. The zero-order valence-corrected chi connectivity index (χ0v) is 8.18. The topological polar surface area (TPSA) is 77.0 Å². The molecule has 0 saturated heterocycles. The number of aliphatic hydroxyl groups is 1. The van der Waals surface area contributed by atoms with Gasteiger partial charge in [0, 0.05) is 12.1 Å². The van der Waals surface area contributed by atoms with Gasteiger partial charge in [0.15, 0.2) is 0 Å². The van der Waals surface area contributed by atoms with E-state index in [4.69, 9.17) is 5.73 Å². The van der Waals surface area contributed by atoms with Crippen molar-refractivity contribution in [3.05, 3.63) is 11.9 Å². The molecule has 5 heteroatoms. The smallest absolute Gasteiger partial charge is 0.114 e. The molecule has 0 aliphatic rings. The second kappa shape index (κ2) is 3.85. The van der Waals surface area contributed by atoms with Gasteiger partial charge in [-0.1, -0.05) is 5.21 Å². The summed E-state index contributed by atoms with van der Waals surface area (Å²) < 4.78 is 1.70. The van der Waals surface area contributed by atoms with E-state index in [1.165, 1.54) is 0 Å². The quantitative estimate of drug-likeness (QED) is 0.705. The fourth-order valence-electron chi connectivity index (χ4n) is 0.948. The predicted molar refractivity (Wildman–Crippen MR) is 49.0 cm³/mol. The Morgan fingerprint density at radius 2 is 2.08 bits per heavy atom. The molecule has 0 bridgehead atoms. The molecule has 0 fully saturated rings. The van der Waals surface area contributed by atoms with Crippen LogP contribution < -0.4 is 5.73 Å². The SMILES string of the molecule is CC(N)C(O)c1cn(C(C)C)nn1. The minimum atomic E-state index is -0.729. The second-order valence-corrected chi connectivity index (χ2v) is 3.52. The maximum absolute atomic E-state index is 9.55. The highest BCUT2D eigenvalue weighted by molar-refractivity contribution is 5.00. The molecule has 0 radical (unpaired) electrons. The van der Waals surface area contributed by atoms with Crippen LogP contribution in [-0.2, 0) is 0 Å². The van der Waals surface area contributed by atoms with Gasteiger partial charge in [-0.25, -0.2) is 4.68 Å². The van der Waals surface area contributed by atoms with Gasteiger partial charge in [0.25, 0.3) is 0 Å². The van der Waals surface area contributed by atoms with E-state index in [9.17, 15) is 5.11 Å². The summed E-state index contributed by atoms with van der Waals surface area (Å²) in [4.78, 5) is 0. The fourth-order valence-corrected chi connectivity index (χ4v) is 0.948. The molecule has 0 aromatic carbocycles. The van der Waals surface area contributed by atoms with Crippen LogP contribution in [0.25, 0.3) is 0 Å². The third-order valence-corrected chi connectivity index (χ3v) is 1.86. The average molecular weight is 184 g/mol. The lowest BCUT2D eigenvalue weighted by Gasteiger charge is -2.10. The van der Waals surface area contributed by atoms with E-state index in [1.807, 2.05) is 13.8 Å². The Bertz CT molecular complexity index is 269. The summed E-state index contributed by atoms with van der Waals surface area (Å²) in [6.07, 6.45) is 0.992. The summed E-state index contributed by atoms with van der Waals surface area (Å²) in [5.41, 5.74) is 6.06. The molecule has 0 aliphatic carbocycles. The Morgan fingerprint density at radius 1 is 1.46 bits per heavy atom. The first-order valence-electron chi connectivity index (χ1n) is 4.37. The summed E-state index contributed by atoms with van der Waals surface area (Å²) in [5, 5.41) is 17.3. The molecule has 1 rings (SSSR count). The van der Waals surface area contributed by atoms with Crippen LogP contribution >= 0.6 is 0 Å². The molecule has 1 heterocycles. The summed E-state index contributed by atoms with van der Waals surface area (Å²) in [5.74, 6) is 0. The van der Waals surface area contributed by atoms with Gasteiger partial charge in [-0.2, -0.15) is 0 Å². The second-order valence-electron chi connectivity index (χ2n) is 3.52. The van der Waals surface area contributed by atoms with Gasteiger partial charge in [-0.05, 0) is 20.8 Å². The molecular weight excluding hydrogens is 168 g/mol. The number of aromatic nitrogens is 3. The molecule has 1 aromatic heterocycles. The lowest BCUT2D eigenvalue weighted by Crippen LogP contribution is -2.24. The van der Waals surface area contributed by atoms with E-state index in [0.29, 0.717) is 5.69 Å². The zero-order valence-electron chi connectivity index (χ0n) is 8.18. The third-order valence-electron chi connectivity index (χ3n) is 1.86. The van der Waals surface area contributed by atoms with Crippen LogP contribution in [0.1, 0.15) is 38.6 Å². The first-order valence-corrected chi connectivity index (χ1v) is 4.37. The van der Waals surface area contributed by atoms with Crippen LogP contribution in [0.4, 0.5) is 0 Å². The van der Waals surface area contributed by atoms with Crippen molar-refractivity contribution in [1.29, 1.82) is 0 Å². The summed E-state index contributed by atoms with van der Waals surface area (Å²) >= 11 is 0. The lowest BCUT2D eigenvalue weighted by molar-refractivity contribution is 0.148. The maximum atomic E-state index is 9.55. The van der Waals surface area contributed by atoms with Crippen LogP contribution in [0.3, 0.4) is 0 Å². The zero-order chi connectivity index (χ0) is 10.0. The third kappa shape index (κ3) is 2.26. The Labute approximate surface area is 77.6 Å². The highest BCUT2D eigenvalue weighted by Crippen LogP contribution is 2.13.